The molecule has 0 aliphatic carbocycles. The van der Waals surface area contributed by atoms with E-state index in [1.54, 1.807) is 6.08 Å². The number of piperidine rings is 1. The van der Waals surface area contributed by atoms with Crippen LogP contribution in [0.1, 0.15) is 53.4 Å². The second-order valence-corrected chi connectivity index (χ2v) is 6.68. The number of hydrogen-bond donors (Lipinski definition) is 1. The molecule has 110 valence electrons. The summed E-state index contributed by atoms with van der Waals surface area (Å²) in [4.78, 5) is 14.3. The zero-order valence-corrected chi connectivity index (χ0v) is 13.0. The van der Waals surface area contributed by atoms with Gasteiger partial charge in [0, 0.05) is 19.1 Å². The van der Waals surface area contributed by atoms with E-state index in [2.05, 4.69) is 37.9 Å². The molecule has 1 saturated heterocycles. The topological polar surface area (TPSA) is 32.3 Å². The maximum Gasteiger partial charge on any atom is 0.243 e. The van der Waals surface area contributed by atoms with Crippen molar-refractivity contribution in [3.05, 3.63) is 12.2 Å². The van der Waals surface area contributed by atoms with E-state index in [1.807, 2.05) is 6.08 Å². The number of likely N-dealkylation sites (tertiary alicyclic amines) is 1. The van der Waals surface area contributed by atoms with Crippen LogP contribution in [0.15, 0.2) is 12.2 Å². The third-order valence-corrected chi connectivity index (χ3v) is 3.50. The number of unbranched alkanes of at least 4 members (excludes halogenated alkanes) is 1. The number of rotatable bonds is 5. The van der Waals surface area contributed by atoms with E-state index in [0.717, 1.165) is 25.9 Å². The van der Waals surface area contributed by atoms with E-state index in [1.165, 1.54) is 19.4 Å². The Hall–Kier alpha value is -0.830. The fraction of sp³-hybridized carbons (Fsp3) is 0.812. The summed E-state index contributed by atoms with van der Waals surface area (Å²) < 4.78 is 0. The molecule has 0 spiro atoms. The summed E-state index contributed by atoms with van der Waals surface area (Å²) in [5, 5.41) is 3.12. The average molecular weight is 266 g/mol. The molecular formula is C16H30N2O. The lowest BCUT2D eigenvalue weighted by atomic mass is 9.96. The minimum absolute atomic E-state index is 0.0573. The highest BCUT2D eigenvalue weighted by atomic mass is 16.1. The number of amides is 1. The number of carbonyl (C=O) groups is 1. The highest BCUT2D eigenvalue weighted by Gasteiger charge is 2.19. The van der Waals surface area contributed by atoms with Crippen molar-refractivity contribution in [3.63, 3.8) is 0 Å². The molecule has 1 aliphatic heterocycles. The second kappa shape index (κ2) is 7.68. The van der Waals surface area contributed by atoms with Gasteiger partial charge >= 0.3 is 0 Å². The molecule has 0 aromatic rings. The first-order valence-corrected chi connectivity index (χ1v) is 7.63. The zero-order valence-electron chi connectivity index (χ0n) is 13.0. The quantitative estimate of drug-likeness (QED) is 0.776. The smallest absolute Gasteiger partial charge is 0.243 e. The van der Waals surface area contributed by atoms with Crippen LogP contribution in [0.3, 0.4) is 0 Å². The van der Waals surface area contributed by atoms with Crippen LogP contribution in [-0.2, 0) is 4.79 Å². The molecule has 1 amide bonds. The van der Waals surface area contributed by atoms with Crippen LogP contribution < -0.4 is 5.32 Å². The van der Waals surface area contributed by atoms with Crippen molar-refractivity contribution in [2.45, 2.75) is 59.4 Å². The van der Waals surface area contributed by atoms with Gasteiger partial charge < -0.3 is 10.2 Å². The van der Waals surface area contributed by atoms with Gasteiger partial charge in [0.15, 0.2) is 0 Å². The normalized spacial score (nSPS) is 18.9. The predicted octanol–water partition coefficient (Wildman–Crippen LogP) is 2.97. The first-order chi connectivity index (χ1) is 8.90. The van der Waals surface area contributed by atoms with Gasteiger partial charge in [0.2, 0.25) is 5.91 Å². The maximum absolute atomic E-state index is 11.8. The summed E-state index contributed by atoms with van der Waals surface area (Å²) in [5.74, 6) is 0.0573. The lowest BCUT2D eigenvalue weighted by Crippen LogP contribution is -2.44. The van der Waals surface area contributed by atoms with Crippen molar-refractivity contribution in [1.29, 1.82) is 0 Å². The van der Waals surface area contributed by atoms with Gasteiger partial charge in [-0.2, -0.15) is 0 Å². The first-order valence-electron chi connectivity index (χ1n) is 7.63. The van der Waals surface area contributed by atoms with Crippen LogP contribution in [0.5, 0.6) is 0 Å². The molecule has 3 heteroatoms. The first kappa shape index (κ1) is 16.2. The van der Waals surface area contributed by atoms with E-state index in [0.29, 0.717) is 6.04 Å². The lowest BCUT2D eigenvalue weighted by molar-refractivity contribution is -0.117. The van der Waals surface area contributed by atoms with Crippen LogP contribution in [0, 0.1) is 5.41 Å². The van der Waals surface area contributed by atoms with E-state index >= 15 is 0 Å². The number of carbonyl (C=O) groups excluding carboxylic acids is 1. The molecule has 0 aromatic heterocycles. The molecule has 3 nitrogen and oxygen atoms in total. The Kier molecular flexibility index (Phi) is 6.56. The van der Waals surface area contributed by atoms with E-state index in [-0.39, 0.29) is 11.3 Å². The summed E-state index contributed by atoms with van der Waals surface area (Å²) in [6.07, 6.45) is 8.36. The van der Waals surface area contributed by atoms with Gasteiger partial charge in [-0.3, -0.25) is 4.79 Å². The van der Waals surface area contributed by atoms with Crippen LogP contribution in [0.4, 0.5) is 0 Å². The van der Waals surface area contributed by atoms with Crippen LogP contribution in [0.25, 0.3) is 0 Å². The van der Waals surface area contributed by atoms with Crippen molar-refractivity contribution < 1.29 is 4.79 Å². The van der Waals surface area contributed by atoms with Gasteiger partial charge in [-0.25, -0.2) is 0 Å². The Morgan fingerprint density at radius 1 is 1.32 bits per heavy atom. The fourth-order valence-corrected chi connectivity index (χ4v) is 2.26. The minimum atomic E-state index is 0.0573. The maximum atomic E-state index is 11.8. The standard InChI is InChI=1S/C16H30N2O/c1-5-6-11-18-12-8-14(9-13-18)17-15(19)7-10-16(2,3)4/h7,10,14H,5-6,8-9,11-13H2,1-4H3,(H,17,19)/b10-7+. The molecule has 0 bridgehead atoms. The van der Waals surface area contributed by atoms with Crippen molar-refractivity contribution in [3.8, 4) is 0 Å². The summed E-state index contributed by atoms with van der Waals surface area (Å²) in [6, 6.07) is 0.356. The molecule has 0 saturated carbocycles. The highest BCUT2D eigenvalue weighted by molar-refractivity contribution is 5.87. The molecule has 1 heterocycles. The molecular weight excluding hydrogens is 236 g/mol. The van der Waals surface area contributed by atoms with Crippen molar-refractivity contribution >= 4 is 5.91 Å². The molecule has 1 rings (SSSR count). The van der Waals surface area contributed by atoms with Crippen LogP contribution in [0.2, 0.25) is 0 Å². The van der Waals surface area contributed by atoms with E-state index in [9.17, 15) is 4.79 Å². The van der Waals surface area contributed by atoms with Crippen LogP contribution in [-0.4, -0.2) is 36.5 Å². The largest absolute Gasteiger partial charge is 0.350 e. The number of nitrogens with zero attached hydrogens (tertiary/aromatic N) is 1. The second-order valence-electron chi connectivity index (χ2n) is 6.68. The Bertz CT molecular complexity index is 296. The number of hydrogen-bond acceptors (Lipinski definition) is 2. The molecule has 1 aliphatic rings. The molecule has 0 unspecified atom stereocenters. The molecule has 1 fully saturated rings. The van der Waals surface area contributed by atoms with Gasteiger partial charge in [0.25, 0.3) is 0 Å². The monoisotopic (exact) mass is 266 g/mol. The molecule has 1 N–H and O–H groups in total. The molecule has 19 heavy (non-hydrogen) atoms. The highest BCUT2D eigenvalue weighted by Crippen LogP contribution is 2.14. The van der Waals surface area contributed by atoms with E-state index < -0.39 is 0 Å². The van der Waals surface area contributed by atoms with Crippen molar-refractivity contribution in [1.82, 2.24) is 10.2 Å². The van der Waals surface area contributed by atoms with Crippen molar-refractivity contribution in [2.24, 2.45) is 5.41 Å². The average Bonchev–Trinajstić information content (AvgIpc) is 2.35. The Labute approximate surface area is 118 Å². The third kappa shape index (κ3) is 7.36. The molecule has 0 aromatic carbocycles. The summed E-state index contributed by atoms with van der Waals surface area (Å²) in [5.41, 5.74) is 0.0703. The fourth-order valence-electron chi connectivity index (χ4n) is 2.26. The predicted molar refractivity (Wildman–Crippen MR) is 81.1 cm³/mol. The van der Waals surface area contributed by atoms with Gasteiger partial charge in [0.1, 0.15) is 0 Å². The van der Waals surface area contributed by atoms with Crippen molar-refractivity contribution in [2.75, 3.05) is 19.6 Å². The third-order valence-electron chi connectivity index (χ3n) is 3.50. The van der Waals surface area contributed by atoms with E-state index in [4.69, 9.17) is 0 Å². The van der Waals surface area contributed by atoms with Crippen LogP contribution >= 0.6 is 0 Å². The Balaban J connectivity index is 2.25. The summed E-state index contributed by atoms with van der Waals surface area (Å²) in [6.45, 7) is 12.0. The van der Waals surface area contributed by atoms with Gasteiger partial charge in [0.05, 0.1) is 0 Å². The Morgan fingerprint density at radius 2 is 1.95 bits per heavy atom. The van der Waals surface area contributed by atoms with Gasteiger partial charge in [-0.1, -0.05) is 40.2 Å². The summed E-state index contributed by atoms with van der Waals surface area (Å²) >= 11 is 0. The minimum Gasteiger partial charge on any atom is -0.350 e. The Morgan fingerprint density at radius 3 is 2.47 bits per heavy atom. The molecule has 0 atom stereocenters. The van der Waals surface area contributed by atoms with Gasteiger partial charge in [-0.15, -0.1) is 0 Å². The van der Waals surface area contributed by atoms with Gasteiger partial charge in [-0.05, 0) is 37.3 Å². The molecule has 0 radical (unpaired) electrons. The summed E-state index contributed by atoms with van der Waals surface area (Å²) in [7, 11) is 0. The number of nitrogens with one attached hydrogen (secondary N) is 1. The number of allylic oxidation sites excluding steroid dienone is 1. The zero-order chi connectivity index (χ0) is 14.3. The lowest BCUT2D eigenvalue weighted by Gasteiger charge is -2.32. The SMILES string of the molecule is CCCCN1CCC(NC(=O)/C=C/C(C)(C)C)CC1.